The van der Waals surface area contributed by atoms with Crippen LogP contribution in [-0.4, -0.2) is 40.3 Å². The lowest BCUT2D eigenvalue weighted by Crippen LogP contribution is -2.37. The average Bonchev–Trinajstić information content (AvgIpc) is 3.21. The van der Waals surface area contributed by atoms with Crippen molar-refractivity contribution >= 4 is 17.2 Å². The van der Waals surface area contributed by atoms with E-state index in [-0.39, 0.29) is 0 Å². The van der Waals surface area contributed by atoms with E-state index in [4.69, 9.17) is 4.98 Å². The zero-order valence-electron chi connectivity index (χ0n) is 17.8. The fourth-order valence-corrected chi connectivity index (χ4v) is 5.48. The van der Waals surface area contributed by atoms with Crippen LogP contribution in [0, 0.1) is 5.92 Å². The molecule has 1 fully saturated rings. The third kappa shape index (κ3) is 5.26. The lowest BCUT2D eigenvalue weighted by atomic mass is 9.91. The number of fused-ring (bicyclic) bond motifs is 1. The zero-order chi connectivity index (χ0) is 20.2. The molecule has 0 aliphatic carbocycles. The first-order chi connectivity index (χ1) is 14.1. The van der Waals surface area contributed by atoms with Gasteiger partial charge < -0.3 is 4.90 Å². The third-order valence-electron chi connectivity index (χ3n) is 6.48. The molecule has 0 N–H and O–H groups in total. The maximum atomic E-state index is 12.7. The van der Waals surface area contributed by atoms with Gasteiger partial charge in [0.1, 0.15) is 5.01 Å². The number of hydrogen-bond donors (Lipinski definition) is 0. The Hall–Kier alpha value is -1.72. The number of likely N-dealkylation sites (tertiary alicyclic amines) is 1. The molecule has 0 spiro atoms. The molecule has 4 nitrogen and oxygen atoms in total. The normalized spacial score (nSPS) is 18.2. The van der Waals surface area contributed by atoms with E-state index in [1.54, 1.807) is 11.3 Å². The molecule has 5 heteroatoms. The summed E-state index contributed by atoms with van der Waals surface area (Å²) in [5.74, 6) is 1.54. The fraction of sp³-hybridized carbons (Fsp3) is 0.583. The smallest absolute Gasteiger partial charge is 0.222 e. The van der Waals surface area contributed by atoms with Crippen molar-refractivity contribution in [3.8, 4) is 0 Å². The number of carbonyl (C=O) groups is 1. The molecular formula is C24H33N3OS. The molecule has 1 amide bonds. The quantitative estimate of drug-likeness (QED) is 0.682. The minimum Gasteiger partial charge on any atom is -0.338 e. The molecule has 2 aliphatic heterocycles. The molecule has 0 bridgehead atoms. The van der Waals surface area contributed by atoms with Gasteiger partial charge in [-0.3, -0.25) is 9.69 Å². The maximum Gasteiger partial charge on any atom is 0.222 e. The molecule has 0 unspecified atom stereocenters. The van der Waals surface area contributed by atoms with Crippen molar-refractivity contribution < 1.29 is 4.79 Å². The van der Waals surface area contributed by atoms with Crippen molar-refractivity contribution in [3.63, 3.8) is 0 Å². The molecule has 0 radical (unpaired) electrons. The van der Waals surface area contributed by atoms with Gasteiger partial charge in [-0.25, -0.2) is 4.98 Å². The van der Waals surface area contributed by atoms with Crippen LogP contribution in [0.1, 0.15) is 67.3 Å². The Labute approximate surface area is 178 Å². The molecule has 2 aliphatic rings. The number of hydrogen-bond acceptors (Lipinski definition) is 4. The van der Waals surface area contributed by atoms with Gasteiger partial charge in [-0.1, -0.05) is 38.1 Å². The Kier molecular flexibility index (Phi) is 6.66. The number of rotatable bonds is 6. The van der Waals surface area contributed by atoms with E-state index in [9.17, 15) is 4.79 Å². The molecule has 0 atom stereocenters. The summed E-state index contributed by atoms with van der Waals surface area (Å²) in [4.78, 5) is 22.1. The second kappa shape index (κ2) is 9.40. The highest BCUT2D eigenvalue weighted by atomic mass is 32.1. The second-order valence-electron chi connectivity index (χ2n) is 8.91. The van der Waals surface area contributed by atoms with Crippen LogP contribution in [0.2, 0.25) is 0 Å². The summed E-state index contributed by atoms with van der Waals surface area (Å²) in [7, 11) is 0. The lowest BCUT2D eigenvalue weighted by Gasteiger charge is -2.32. The molecule has 1 aromatic heterocycles. The summed E-state index contributed by atoms with van der Waals surface area (Å²) >= 11 is 1.79. The van der Waals surface area contributed by atoms with Crippen LogP contribution < -0.4 is 0 Å². The first kappa shape index (κ1) is 20.5. The van der Waals surface area contributed by atoms with Crippen LogP contribution in [0.4, 0.5) is 0 Å². The second-order valence-corrected chi connectivity index (χ2v) is 9.86. The van der Waals surface area contributed by atoms with E-state index in [1.165, 1.54) is 34.7 Å². The Morgan fingerprint density at radius 2 is 1.93 bits per heavy atom. The van der Waals surface area contributed by atoms with Crippen molar-refractivity contribution in [2.45, 2.75) is 65.0 Å². The highest BCUT2D eigenvalue weighted by Gasteiger charge is 2.24. The Morgan fingerprint density at radius 3 is 2.66 bits per heavy atom. The van der Waals surface area contributed by atoms with Crippen LogP contribution in [0.15, 0.2) is 29.6 Å². The van der Waals surface area contributed by atoms with Gasteiger partial charge in [-0.05, 0) is 61.7 Å². The molecule has 3 heterocycles. The van der Waals surface area contributed by atoms with Gasteiger partial charge in [0.2, 0.25) is 5.91 Å². The van der Waals surface area contributed by atoms with Gasteiger partial charge in [0.15, 0.2) is 0 Å². The maximum absolute atomic E-state index is 12.7. The Morgan fingerprint density at radius 1 is 1.17 bits per heavy atom. The molecule has 1 saturated heterocycles. The van der Waals surface area contributed by atoms with Crippen molar-refractivity contribution in [1.82, 2.24) is 14.8 Å². The lowest BCUT2D eigenvalue weighted by molar-refractivity contribution is -0.132. The summed E-state index contributed by atoms with van der Waals surface area (Å²) in [6, 6.07) is 8.54. The highest BCUT2D eigenvalue weighted by Crippen LogP contribution is 2.26. The number of thiazole rings is 1. The van der Waals surface area contributed by atoms with E-state index in [0.717, 1.165) is 45.6 Å². The van der Waals surface area contributed by atoms with Crippen molar-refractivity contribution in [2.24, 2.45) is 5.92 Å². The molecule has 1 aromatic carbocycles. The Bertz CT molecular complexity index is 823. The number of benzene rings is 1. The fourth-order valence-electron chi connectivity index (χ4n) is 4.48. The van der Waals surface area contributed by atoms with Gasteiger partial charge >= 0.3 is 0 Å². The monoisotopic (exact) mass is 411 g/mol. The Balaban J connectivity index is 1.18. The summed E-state index contributed by atoms with van der Waals surface area (Å²) in [5.41, 5.74) is 3.95. The minimum atomic E-state index is 0.339. The number of carbonyl (C=O) groups excluding carboxylic acids is 1. The van der Waals surface area contributed by atoms with Gasteiger partial charge in [-0.15, -0.1) is 11.3 Å². The van der Waals surface area contributed by atoms with Crippen molar-refractivity contribution in [1.29, 1.82) is 0 Å². The number of amides is 1. The van der Waals surface area contributed by atoms with E-state index in [1.807, 2.05) is 0 Å². The van der Waals surface area contributed by atoms with Gasteiger partial charge in [0.05, 0.1) is 12.2 Å². The van der Waals surface area contributed by atoms with E-state index >= 15 is 0 Å². The molecule has 0 saturated carbocycles. The van der Waals surface area contributed by atoms with Crippen LogP contribution >= 0.6 is 11.3 Å². The number of aromatic nitrogens is 1. The largest absolute Gasteiger partial charge is 0.338 e. The number of nitrogens with zero attached hydrogens (tertiary/aromatic N) is 3. The molecule has 2 aromatic rings. The summed E-state index contributed by atoms with van der Waals surface area (Å²) in [5, 5.41) is 3.45. The standard InChI is InChI=1S/C24H33N3OS/c1-18(2)22-17-29-23(25-22)16-26-12-9-19(10-13-26)7-8-24(28)27-14-11-20-5-3-4-6-21(20)15-27/h3-6,17-19H,7-16H2,1-2H3. The summed E-state index contributed by atoms with van der Waals surface area (Å²) in [6.45, 7) is 9.32. The van der Waals surface area contributed by atoms with Crippen LogP contribution in [0.25, 0.3) is 0 Å². The minimum absolute atomic E-state index is 0.339. The van der Waals surface area contributed by atoms with E-state index in [2.05, 4.69) is 53.3 Å². The first-order valence-corrected chi connectivity index (χ1v) is 12.0. The molecule has 4 rings (SSSR count). The highest BCUT2D eigenvalue weighted by molar-refractivity contribution is 7.09. The van der Waals surface area contributed by atoms with Crippen LogP contribution in [0.5, 0.6) is 0 Å². The SMILES string of the molecule is CC(C)c1csc(CN2CCC(CCC(=O)N3CCc4ccccc4C3)CC2)n1. The average molecular weight is 412 g/mol. The third-order valence-corrected chi connectivity index (χ3v) is 7.33. The first-order valence-electron chi connectivity index (χ1n) is 11.1. The van der Waals surface area contributed by atoms with Crippen LogP contribution in [0.3, 0.4) is 0 Å². The van der Waals surface area contributed by atoms with Crippen molar-refractivity contribution in [2.75, 3.05) is 19.6 Å². The predicted octanol–water partition coefficient (Wildman–Crippen LogP) is 4.84. The van der Waals surface area contributed by atoms with E-state index in [0.29, 0.717) is 24.2 Å². The van der Waals surface area contributed by atoms with Gasteiger partial charge in [0, 0.05) is 24.9 Å². The zero-order valence-corrected chi connectivity index (χ0v) is 18.6. The summed E-state index contributed by atoms with van der Waals surface area (Å²) < 4.78 is 0. The molecular weight excluding hydrogens is 378 g/mol. The predicted molar refractivity (Wildman–Crippen MR) is 119 cm³/mol. The van der Waals surface area contributed by atoms with Crippen LogP contribution in [-0.2, 0) is 24.3 Å². The number of piperidine rings is 1. The van der Waals surface area contributed by atoms with E-state index < -0.39 is 0 Å². The molecule has 29 heavy (non-hydrogen) atoms. The van der Waals surface area contributed by atoms with Crippen molar-refractivity contribution in [3.05, 3.63) is 51.5 Å². The summed E-state index contributed by atoms with van der Waals surface area (Å²) in [6.07, 6.45) is 5.16. The van der Waals surface area contributed by atoms with Gasteiger partial charge in [0.25, 0.3) is 0 Å². The molecule has 156 valence electrons. The van der Waals surface area contributed by atoms with Gasteiger partial charge in [-0.2, -0.15) is 0 Å². The topological polar surface area (TPSA) is 36.4 Å².